The zero-order chi connectivity index (χ0) is 20.3. The molecule has 28 heavy (non-hydrogen) atoms. The van der Waals surface area contributed by atoms with Crippen LogP contribution in [0.3, 0.4) is 0 Å². The molecule has 0 bridgehead atoms. The van der Waals surface area contributed by atoms with E-state index in [1.165, 1.54) is 6.92 Å². The smallest absolute Gasteiger partial charge is 0.193 e. The highest BCUT2D eigenvalue weighted by atomic mass is 16.1. The van der Waals surface area contributed by atoms with Gasteiger partial charge in [-0.25, -0.2) is 0 Å². The van der Waals surface area contributed by atoms with Gasteiger partial charge in [-0.15, -0.1) is 0 Å². The van der Waals surface area contributed by atoms with E-state index < -0.39 is 0 Å². The fourth-order valence-corrected chi connectivity index (χ4v) is 3.51. The summed E-state index contributed by atoms with van der Waals surface area (Å²) in [4.78, 5) is 36.4. The third-order valence-corrected chi connectivity index (χ3v) is 5.25. The number of aryl methyl sites for hydroxylation is 2. The van der Waals surface area contributed by atoms with Crippen LogP contribution >= 0.6 is 0 Å². The fourth-order valence-electron chi connectivity index (χ4n) is 3.51. The number of ketones is 3. The summed E-state index contributed by atoms with van der Waals surface area (Å²) in [7, 11) is 0. The number of fused-ring (bicyclic) bond motifs is 1. The zero-order valence-corrected chi connectivity index (χ0v) is 16.5. The number of benzene rings is 3. The number of carbonyl (C=O) groups is 3. The van der Waals surface area contributed by atoms with Crippen LogP contribution in [-0.4, -0.2) is 17.3 Å². The fraction of sp³-hybridized carbons (Fsp3) is 0.240. The molecule has 0 N–H and O–H groups in total. The summed E-state index contributed by atoms with van der Waals surface area (Å²) < 4.78 is 0. The summed E-state index contributed by atoms with van der Waals surface area (Å²) in [5.41, 5.74) is 4.04. The average molecular weight is 372 g/mol. The Kier molecular flexibility index (Phi) is 5.84. The van der Waals surface area contributed by atoms with Crippen LogP contribution in [-0.2, 0) is 11.2 Å². The number of hydrogen-bond donors (Lipinski definition) is 0. The Bertz CT molecular complexity index is 1060. The van der Waals surface area contributed by atoms with Crippen molar-refractivity contribution in [3.8, 4) is 0 Å². The summed E-state index contributed by atoms with van der Waals surface area (Å²) in [5.74, 6) is 0.153. The van der Waals surface area contributed by atoms with Gasteiger partial charge in [-0.2, -0.15) is 0 Å². The first-order valence-electron chi connectivity index (χ1n) is 9.61. The second-order valence-electron chi connectivity index (χ2n) is 7.12. The van der Waals surface area contributed by atoms with Crippen LogP contribution in [0.15, 0.2) is 54.6 Å². The molecule has 142 valence electrons. The molecule has 3 heteroatoms. The van der Waals surface area contributed by atoms with E-state index in [0.29, 0.717) is 36.0 Å². The Morgan fingerprint density at radius 1 is 0.821 bits per heavy atom. The summed E-state index contributed by atoms with van der Waals surface area (Å²) in [6.45, 7) is 5.43. The zero-order valence-electron chi connectivity index (χ0n) is 16.5. The number of hydrogen-bond acceptors (Lipinski definition) is 3. The largest absolute Gasteiger partial charge is 0.300 e. The van der Waals surface area contributed by atoms with Crippen LogP contribution in [0.25, 0.3) is 10.8 Å². The molecule has 0 radical (unpaired) electrons. The van der Waals surface area contributed by atoms with Crippen molar-refractivity contribution in [1.82, 2.24) is 0 Å². The molecule has 0 fully saturated rings. The SMILES string of the molecule is CCC(=O)CCc1c(C)ccc2c(C(=O)c3ccc(C(C)=O)cc3)cccc12. The second kappa shape index (κ2) is 8.30. The summed E-state index contributed by atoms with van der Waals surface area (Å²) in [6.07, 6.45) is 1.74. The molecule has 0 aliphatic rings. The standard InChI is InChI=1S/C25H24O3/c1-4-20(27)13-15-21-16(2)8-14-23-22(21)6-5-7-24(23)25(28)19-11-9-18(10-12-19)17(3)26/h5-12,14H,4,13,15H2,1-3H3. The lowest BCUT2D eigenvalue weighted by atomic mass is 9.90. The molecule has 0 saturated heterocycles. The third kappa shape index (κ3) is 3.94. The maximum absolute atomic E-state index is 13.1. The predicted molar refractivity (Wildman–Crippen MR) is 112 cm³/mol. The van der Waals surface area contributed by atoms with Crippen molar-refractivity contribution in [3.05, 3.63) is 82.4 Å². The van der Waals surface area contributed by atoms with Gasteiger partial charge in [0.25, 0.3) is 0 Å². The highest BCUT2D eigenvalue weighted by Gasteiger charge is 2.15. The van der Waals surface area contributed by atoms with Crippen LogP contribution in [0.2, 0.25) is 0 Å². The van der Waals surface area contributed by atoms with Gasteiger partial charge in [-0.05, 0) is 42.2 Å². The first-order valence-corrected chi connectivity index (χ1v) is 9.61. The molecule has 0 heterocycles. The lowest BCUT2D eigenvalue weighted by Crippen LogP contribution is -2.05. The Hall–Kier alpha value is -3.07. The van der Waals surface area contributed by atoms with Gasteiger partial charge in [0.05, 0.1) is 0 Å². The summed E-state index contributed by atoms with van der Waals surface area (Å²) >= 11 is 0. The molecule has 0 unspecified atom stereocenters. The van der Waals surface area contributed by atoms with Crippen molar-refractivity contribution in [2.24, 2.45) is 0 Å². The Morgan fingerprint density at radius 2 is 1.50 bits per heavy atom. The van der Waals surface area contributed by atoms with Crippen molar-refractivity contribution >= 4 is 28.1 Å². The van der Waals surface area contributed by atoms with E-state index in [1.54, 1.807) is 24.3 Å². The highest BCUT2D eigenvalue weighted by molar-refractivity contribution is 6.17. The van der Waals surface area contributed by atoms with Gasteiger partial charge in [0.1, 0.15) is 5.78 Å². The van der Waals surface area contributed by atoms with E-state index in [0.717, 1.165) is 21.9 Å². The maximum atomic E-state index is 13.1. The van der Waals surface area contributed by atoms with E-state index in [2.05, 4.69) is 0 Å². The summed E-state index contributed by atoms with van der Waals surface area (Å²) in [5, 5.41) is 1.92. The van der Waals surface area contributed by atoms with Crippen LogP contribution in [0, 0.1) is 6.92 Å². The van der Waals surface area contributed by atoms with E-state index in [1.807, 2.05) is 44.2 Å². The van der Waals surface area contributed by atoms with Gasteiger partial charge in [0.15, 0.2) is 11.6 Å². The van der Waals surface area contributed by atoms with Crippen LogP contribution in [0.5, 0.6) is 0 Å². The first kappa shape index (κ1) is 19.7. The normalized spacial score (nSPS) is 10.8. The molecule has 0 aromatic heterocycles. The Morgan fingerprint density at radius 3 is 2.14 bits per heavy atom. The van der Waals surface area contributed by atoms with E-state index >= 15 is 0 Å². The maximum Gasteiger partial charge on any atom is 0.193 e. The quantitative estimate of drug-likeness (QED) is 0.515. The molecule has 3 aromatic rings. The monoisotopic (exact) mass is 372 g/mol. The number of carbonyl (C=O) groups excluding carboxylic acids is 3. The van der Waals surface area contributed by atoms with Gasteiger partial charge in [0, 0.05) is 29.5 Å². The molecule has 3 nitrogen and oxygen atoms in total. The Balaban J connectivity index is 2.03. The van der Waals surface area contributed by atoms with Crippen LogP contribution < -0.4 is 0 Å². The molecule has 3 aromatic carbocycles. The third-order valence-electron chi connectivity index (χ3n) is 5.25. The van der Waals surface area contributed by atoms with Crippen molar-refractivity contribution in [3.63, 3.8) is 0 Å². The minimum atomic E-state index is -0.0693. The first-order chi connectivity index (χ1) is 13.4. The highest BCUT2D eigenvalue weighted by Crippen LogP contribution is 2.28. The van der Waals surface area contributed by atoms with E-state index in [9.17, 15) is 14.4 Å². The van der Waals surface area contributed by atoms with E-state index in [-0.39, 0.29) is 17.3 Å². The predicted octanol–water partition coefficient (Wildman–Crippen LogP) is 5.49. The molecule has 0 aliphatic carbocycles. The molecule has 0 saturated carbocycles. The van der Waals surface area contributed by atoms with Gasteiger partial charge in [-0.3, -0.25) is 14.4 Å². The minimum absolute atomic E-state index is 0.0223. The van der Waals surface area contributed by atoms with Crippen LogP contribution in [0.1, 0.15) is 64.1 Å². The lowest BCUT2D eigenvalue weighted by Gasteiger charge is -2.13. The summed E-state index contributed by atoms with van der Waals surface area (Å²) in [6, 6.07) is 16.5. The molecule has 3 rings (SSSR count). The molecule has 0 amide bonds. The van der Waals surface area contributed by atoms with Crippen molar-refractivity contribution < 1.29 is 14.4 Å². The molecule has 0 aliphatic heterocycles. The van der Waals surface area contributed by atoms with E-state index in [4.69, 9.17) is 0 Å². The number of rotatable bonds is 7. The topological polar surface area (TPSA) is 51.2 Å². The van der Waals surface area contributed by atoms with Gasteiger partial charge in [-0.1, -0.05) is 61.5 Å². The van der Waals surface area contributed by atoms with Crippen molar-refractivity contribution in [2.75, 3.05) is 0 Å². The lowest BCUT2D eigenvalue weighted by molar-refractivity contribution is -0.118. The van der Waals surface area contributed by atoms with Crippen molar-refractivity contribution in [1.29, 1.82) is 0 Å². The molecule has 0 spiro atoms. The molecule has 0 atom stereocenters. The minimum Gasteiger partial charge on any atom is -0.300 e. The molecular formula is C25H24O3. The van der Waals surface area contributed by atoms with Crippen molar-refractivity contribution in [2.45, 2.75) is 40.0 Å². The number of Topliss-reactive ketones (excluding diaryl/α,β-unsaturated/α-hetero) is 2. The van der Waals surface area contributed by atoms with Gasteiger partial charge in [0.2, 0.25) is 0 Å². The van der Waals surface area contributed by atoms with Gasteiger partial charge < -0.3 is 0 Å². The second-order valence-corrected chi connectivity index (χ2v) is 7.12. The Labute approximate surface area is 165 Å². The van der Waals surface area contributed by atoms with Gasteiger partial charge >= 0.3 is 0 Å². The average Bonchev–Trinajstić information content (AvgIpc) is 2.71. The molecular weight excluding hydrogens is 348 g/mol. The van der Waals surface area contributed by atoms with Crippen LogP contribution in [0.4, 0.5) is 0 Å².